The highest BCUT2D eigenvalue weighted by Gasteiger charge is 2.28. The number of benzene rings is 1. The van der Waals surface area contributed by atoms with Crippen LogP contribution in [0.4, 0.5) is 15.8 Å². The Morgan fingerprint density at radius 2 is 2.03 bits per heavy atom. The lowest BCUT2D eigenvalue weighted by atomic mass is 10.1. The van der Waals surface area contributed by atoms with Crippen molar-refractivity contribution in [3.63, 3.8) is 0 Å². The number of anilines is 2. The van der Waals surface area contributed by atoms with Crippen LogP contribution in [0.1, 0.15) is 29.4 Å². The van der Waals surface area contributed by atoms with Crippen molar-refractivity contribution in [1.29, 1.82) is 0 Å². The fourth-order valence-electron chi connectivity index (χ4n) is 4.75. The van der Waals surface area contributed by atoms with E-state index in [1.165, 1.54) is 16.5 Å². The summed E-state index contributed by atoms with van der Waals surface area (Å²) in [5, 5.41) is 13.7. The molecule has 37 heavy (non-hydrogen) atoms. The maximum atomic E-state index is 13.3. The first kappa shape index (κ1) is 24.8. The summed E-state index contributed by atoms with van der Waals surface area (Å²) in [4.78, 5) is 47.2. The van der Waals surface area contributed by atoms with E-state index in [1.54, 1.807) is 29.3 Å². The summed E-state index contributed by atoms with van der Waals surface area (Å²) in [6, 6.07) is 7.60. The topological polar surface area (TPSA) is 116 Å². The molecule has 2 fully saturated rings. The number of amides is 1. The van der Waals surface area contributed by atoms with Crippen LogP contribution in [0.2, 0.25) is 0 Å². The van der Waals surface area contributed by atoms with Gasteiger partial charge in [-0.3, -0.25) is 18.8 Å². The van der Waals surface area contributed by atoms with Gasteiger partial charge >= 0.3 is 5.56 Å². The Labute approximate surface area is 212 Å². The molecule has 1 unspecified atom stereocenters. The molecule has 5 rings (SSSR count). The summed E-state index contributed by atoms with van der Waals surface area (Å²) < 4.78 is 19.9. The van der Waals surface area contributed by atoms with Crippen LogP contribution >= 0.6 is 0 Å². The van der Waals surface area contributed by atoms with Gasteiger partial charge in [0, 0.05) is 38.3 Å². The van der Waals surface area contributed by atoms with Gasteiger partial charge in [0.25, 0.3) is 0 Å². The number of hydrogen-bond acceptors (Lipinski definition) is 8. The number of Topliss-reactive ketones (excluding diaryl/α,β-unsaturated/α-hetero) is 1. The van der Waals surface area contributed by atoms with Gasteiger partial charge in [-0.2, -0.15) is 0 Å². The Hall–Kier alpha value is -3.83. The summed E-state index contributed by atoms with van der Waals surface area (Å²) >= 11 is 0. The van der Waals surface area contributed by atoms with E-state index in [-0.39, 0.29) is 48.5 Å². The Morgan fingerprint density at radius 3 is 2.76 bits per heavy atom. The van der Waals surface area contributed by atoms with Gasteiger partial charge in [0.15, 0.2) is 17.1 Å². The molecule has 1 atom stereocenters. The summed E-state index contributed by atoms with van der Waals surface area (Å²) in [6.45, 7) is 4.68. The fourth-order valence-corrected chi connectivity index (χ4v) is 4.75. The predicted octanol–water partition coefficient (Wildman–Crippen LogP) is 1.52. The first-order valence-corrected chi connectivity index (χ1v) is 12.3. The minimum Gasteiger partial charge on any atom is -0.501 e. The molecule has 0 bridgehead atoms. The SMILES string of the molecule is CC1COCCN1c1cc(N2CCNCC2=O)c2nc(C(=O)CCc3ccc(F)cc3)c(O)c(=O)n2c1. The summed E-state index contributed by atoms with van der Waals surface area (Å²) in [7, 11) is 0. The van der Waals surface area contributed by atoms with Gasteiger partial charge in [-0.1, -0.05) is 12.1 Å². The number of piperazine rings is 1. The Bertz CT molecular complexity index is 1410. The molecule has 11 heteroatoms. The lowest BCUT2D eigenvalue weighted by Crippen LogP contribution is -2.49. The first-order valence-electron chi connectivity index (χ1n) is 12.3. The number of fused-ring (bicyclic) bond motifs is 1. The minimum absolute atomic E-state index is 0.0299. The summed E-state index contributed by atoms with van der Waals surface area (Å²) in [6.07, 6.45) is 1.83. The number of nitrogens with zero attached hydrogens (tertiary/aromatic N) is 4. The molecule has 0 aliphatic carbocycles. The number of aromatic hydroxyl groups is 1. The number of carbonyl (C=O) groups is 2. The van der Waals surface area contributed by atoms with Crippen molar-refractivity contribution in [2.24, 2.45) is 0 Å². The highest BCUT2D eigenvalue weighted by molar-refractivity contribution is 6.01. The number of pyridine rings is 1. The molecule has 0 spiro atoms. The number of aryl methyl sites for hydroxylation is 1. The summed E-state index contributed by atoms with van der Waals surface area (Å²) in [5.41, 5.74) is 0.803. The highest BCUT2D eigenvalue weighted by atomic mass is 19.1. The van der Waals surface area contributed by atoms with Crippen molar-refractivity contribution in [3.8, 4) is 5.75 Å². The zero-order valence-electron chi connectivity index (χ0n) is 20.4. The number of aromatic nitrogens is 2. The number of hydrogen-bond donors (Lipinski definition) is 2. The maximum Gasteiger partial charge on any atom is 0.300 e. The predicted molar refractivity (Wildman–Crippen MR) is 135 cm³/mol. The van der Waals surface area contributed by atoms with Crippen LogP contribution in [0.25, 0.3) is 5.65 Å². The van der Waals surface area contributed by atoms with Crippen LogP contribution in [-0.4, -0.2) is 71.6 Å². The van der Waals surface area contributed by atoms with E-state index in [9.17, 15) is 23.9 Å². The third-order valence-corrected chi connectivity index (χ3v) is 6.76. The molecule has 1 aromatic carbocycles. The lowest BCUT2D eigenvalue weighted by molar-refractivity contribution is -0.118. The van der Waals surface area contributed by atoms with E-state index in [1.807, 2.05) is 6.92 Å². The molecule has 194 valence electrons. The first-order chi connectivity index (χ1) is 17.8. The third-order valence-electron chi connectivity index (χ3n) is 6.76. The van der Waals surface area contributed by atoms with Crippen LogP contribution in [0.3, 0.4) is 0 Å². The van der Waals surface area contributed by atoms with E-state index in [0.29, 0.717) is 44.2 Å². The van der Waals surface area contributed by atoms with Crippen molar-refractivity contribution in [1.82, 2.24) is 14.7 Å². The van der Waals surface area contributed by atoms with Crippen LogP contribution < -0.4 is 20.7 Å². The molecule has 2 N–H and O–H groups in total. The standard InChI is InChI=1S/C26H28FN5O5/c1-16-15-37-11-10-30(16)19-12-20(31-9-8-28-13-22(31)34)25-29-23(24(35)26(36)32(25)14-19)21(33)7-4-17-2-5-18(27)6-3-17/h2-3,5-6,12,14,16,28,35H,4,7-11,13,15H2,1H3. The number of ketones is 1. The average Bonchev–Trinajstić information content (AvgIpc) is 2.90. The lowest BCUT2D eigenvalue weighted by Gasteiger charge is -2.36. The fraction of sp³-hybridized carbons (Fsp3) is 0.385. The molecule has 2 saturated heterocycles. The van der Waals surface area contributed by atoms with Crippen molar-refractivity contribution < 1.29 is 23.8 Å². The number of rotatable bonds is 6. The molecule has 2 aliphatic heterocycles. The zero-order valence-corrected chi connectivity index (χ0v) is 20.4. The molecule has 10 nitrogen and oxygen atoms in total. The van der Waals surface area contributed by atoms with E-state index >= 15 is 0 Å². The Balaban J connectivity index is 1.59. The largest absolute Gasteiger partial charge is 0.501 e. The van der Waals surface area contributed by atoms with Crippen LogP contribution in [0.5, 0.6) is 5.75 Å². The second-order valence-corrected chi connectivity index (χ2v) is 9.28. The molecular weight excluding hydrogens is 481 g/mol. The van der Waals surface area contributed by atoms with Gasteiger partial charge in [0.05, 0.1) is 31.1 Å². The van der Waals surface area contributed by atoms with Crippen molar-refractivity contribution in [3.05, 3.63) is 64.0 Å². The van der Waals surface area contributed by atoms with Crippen LogP contribution in [0.15, 0.2) is 41.3 Å². The second-order valence-electron chi connectivity index (χ2n) is 9.28. The molecular formula is C26H28FN5O5. The van der Waals surface area contributed by atoms with Gasteiger partial charge < -0.3 is 25.0 Å². The van der Waals surface area contributed by atoms with Crippen molar-refractivity contribution in [2.75, 3.05) is 49.2 Å². The Morgan fingerprint density at radius 1 is 1.24 bits per heavy atom. The molecule has 2 aromatic heterocycles. The molecule has 3 aromatic rings. The normalized spacial score (nSPS) is 18.4. The smallest absolute Gasteiger partial charge is 0.300 e. The average molecular weight is 510 g/mol. The maximum absolute atomic E-state index is 13.3. The molecule has 4 heterocycles. The molecule has 2 aliphatic rings. The van der Waals surface area contributed by atoms with Crippen LogP contribution in [0, 0.1) is 5.82 Å². The third kappa shape index (κ3) is 4.92. The number of nitrogens with one attached hydrogen (secondary N) is 1. The van der Waals surface area contributed by atoms with Gasteiger partial charge in [-0.15, -0.1) is 0 Å². The zero-order chi connectivity index (χ0) is 26.1. The van der Waals surface area contributed by atoms with Gasteiger partial charge in [0.1, 0.15) is 5.82 Å². The monoisotopic (exact) mass is 509 g/mol. The minimum atomic E-state index is -0.790. The van der Waals surface area contributed by atoms with Crippen LogP contribution in [-0.2, 0) is 16.0 Å². The van der Waals surface area contributed by atoms with Crippen molar-refractivity contribution in [2.45, 2.75) is 25.8 Å². The quantitative estimate of drug-likeness (QED) is 0.481. The molecule has 0 radical (unpaired) electrons. The van der Waals surface area contributed by atoms with Crippen molar-refractivity contribution >= 4 is 28.7 Å². The van der Waals surface area contributed by atoms with Gasteiger partial charge in [-0.05, 0) is 37.1 Å². The number of carbonyl (C=O) groups excluding carboxylic acids is 2. The number of ether oxygens (including phenoxy) is 1. The van der Waals surface area contributed by atoms with Gasteiger partial charge in [0.2, 0.25) is 11.7 Å². The second kappa shape index (κ2) is 10.3. The highest BCUT2D eigenvalue weighted by Crippen LogP contribution is 2.30. The Kier molecular flexibility index (Phi) is 6.90. The van der Waals surface area contributed by atoms with Gasteiger partial charge in [-0.25, -0.2) is 9.37 Å². The van der Waals surface area contributed by atoms with E-state index in [2.05, 4.69) is 15.2 Å². The van der Waals surface area contributed by atoms with E-state index < -0.39 is 17.1 Å². The summed E-state index contributed by atoms with van der Waals surface area (Å²) in [5.74, 6) is -1.83. The number of halogens is 1. The van der Waals surface area contributed by atoms with E-state index in [0.717, 1.165) is 5.56 Å². The molecule has 1 amide bonds. The molecule has 0 saturated carbocycles. The van der Waals surface area contributed by atoms with E-state index in [4.69, 9.17) is 4.74 Å². The number of morpholine rings is 1.